The molecule has 108 valence electrons. The van der Waals surface area contributed by atoms with Gasteiger partial charge in [-0.05, 0) is 44.9 Å². The lowest BCUT2D eigenvalue weighted by molar-refractivity contribution is -0.0102. The molecule has 1 N–H and O–H groups in total. The third kappa shape index (κ3) is 4.25. The molecule has 1 atom stereocenters. The van der Waals surface area contributed by atoms with Crippen molar-refractivity contribution >= 4 is 0 Å². The van der Waals surface area contributed by atoms with Crippen molar-refractivity contribution in [3.63, 3.8) is 0 Å². The van der Waals surface area contributed by atoms with E-state index in [1.165, 1.54) is 6.07 Å². The van der Waals surface area contributed by atoms with E-state index in [-0.39, 0.29) is 6.04 Å². The van der Waals surface area contributed by atoms with Gasteiger partial charge < -0.3 is 10.1 Å². The first-order valence-electron chi connectivity index (χ1n) is 6.63. The van der Waals surface area contributed by atoms with E-state index in [1.54, 1.807) is 13.2 Å². The highest BCUT2D eigenvalue weighted by Crippen LogP contribution is 2.21. The molecule has 4 heteroatoms. The number of ether oxygens (including phenoxy) is 1. The minimum Gasteiger partial charge on any atom is -0.377 e. The summed E-state index contributed by atoms with van der Waals surface area (Å²) in [5, 5.41) is 3.34. The van der Waals surface area contributed by atoms with Crippen LogP contribution in [0.25, 0.3) is 0 Å². The maximum Gasteiger partial charge on any atom is 0.162 e. The number of halogens is 2. The second kappa shape index (κ2) is 6.96. The Morgan fingerprint density at radius 2 is 2.00 bits per heavy atom. The first-order valence-corrected chi connectivity index (χ1v) is 6.63. The molecule has 0 aliphatic rings. The molecule has 0 saturated carbocycles. The fourth-order valence-corrected chi connectivity index (χ4v) is 1.95. The smallest absolute Gasteiger partial charge is 0.162 e. The third-order valence-electron chi connectivity index (χ3n) is 3.46. The van der Waals surface area contributed by atoms with Crippen LogP contribution in [0.5, 0.6) is 0 Å². The summed E-state index contributed by atoms with van der Waals surface area (Å²) in [5.74, 6) is -1.57. The van der Waals surface area contributed by atoms with Crippen molar-refractivity contribution < 1.29 is 13.5 Å². The molecular formula is C15H23F2NO. The van der Waals surface area contributed by atoms with Crippen LogP contribution in [0.1, 0.15) is 32.8 Å². The molecule has 0 aromatic heterocycles. The average molecular weight is 271 g/mol. The molecule has 1 rings (SSSR count). The molecule has 0 aliphatic carbocycles. The topological polar surface area (TPSA) is 21.3 Å². The molecule has 1 aromatic carbocycles. The van der Waals surface area contributed by atoms with Crippen LogP contribution in [0, 0.1) is 11.6 Å². The van der Waals surface area contributed by atoms with Crippen LogP contribution in [-0.2, 0) is 11.2 Å². The van der Waals surface area contributed by atoms with Gasteiger partial charge in [-0.25, -0.2) is 8.78 Å². The molecule has 0 heterocycles. The lowest BCUT2D eigenvalue weighted by Crippen LogP contribution is -2.49. The van der Waals surface area contributed by atoms with Crippen LogP contribution >= 0.6 is 0 Å². The molecule has 0 amide bonds. The number of benzene rings is 1. The van der Waals surface area contributed by atoms with Crippen LogP contribution < -0.4 is 5.32 Å². The molecule has 0 bridgehead atoms. The van der Waals surface area contributed by atoms with Gasteiger partial charge in [0.25, 0.3) is 0 Å². The molecule has 0 aliphatic heterocycles. The van der Waals surface area contributed by atoms with Crippen molar-refractivity contribution in [2.24, 2.45) is 0 Å². The van der Waals surface area contributed by atoms with Gasteiger partial charge in [-0.3, -0.25) is 0 Å². The molecule has 2 nitrogen and oxygen atoms in total. The second-order valence-electron chi connectivity index (χ2n) is 5.23. The Hall–Kier alpha value is -1.00. The van der Waals surface area contributed by atoms with Gasteiger partial charge in [0.2, 0.25) is 0 Å². The van der Waals surface area contributed by atoms with Crippen molar-refractivity contribution in [2.75, 3.05) is 13.7 Å². The molecule has 1 aromatic rings. The van der Waals surface area contributed by atoms with E-state index in [9.17, 15) is 8.78 Å². The van der Waals surface area contributed by atoms with Gasteiger partial charge in [-0.15, -0.1) is 0 Å². The van der Waals surface area contributed by atoms with Crippen LogP contribution in [0.3, 0.4) is 0 Å². The Labute approximate surface area is 114 Å². The number of hydrogen-bond acceptors (Lipinski definition) is 2. The van der Waals surface area contributed by atoms with Crippen molar-refractivity contribution in [3.8, 4) is 0 Å². The first kappa shape index (κ1) is 16.1. The largest absolute Gasteiger partial charge is 0.377 e. The highest BCUT2D eigenvalue weighted by Gasteiger charge is 2.29. The minimum absolute atomic E-state index is 0.0752. The van der Waals surface area contributed by atoms with Gasteiger partial charge in [0.1, 0.15) is 0 Å². The Balaban J connectivity index is 2.91. The highest BCUT2D eigenvalue weighted by molar-refractivity contribution is 5.20. The Kier molecular flexibility index (Phi) is 5.88. The summed E-state index contributed by atoms with van der Waals surface area (Å²) in [7, 11) is 1.63. The van der Waals surface area contributed by atoms with Gasteiger partial charge >= 0.3 is 0 Å². The predicted molar refractivity (Wildman–Crippen MR) is 73.2 cm³/mol. The Morgan fingerprint density at radius 3 is 2.58 bits per heavy atom. The number of methoxy groups -OCH3 is 1. The molecule has 0 spiro atoms. The fourth-order valence-electron chi connectivity index (χ4n) is 1.95. The summed E-state index contributed by atoms with van der Waals surface area (Å²) in [6.07, 6.45) is 1.37. The Morgan fingerprint density at radius 1 is 1.32 bits per heavy atom. The van der Waals surface area contributed by atoms with E-state index in [2.05, 4.69) is 12.2 Å². The molecule has 19 heavy (non-hydrogen) atoms. The normalized spacial score (nSPS) is 13.6. The van der Waals surface area contributed by atoms with Gasteiger partial charge in [-0.2, -0.15) is 0 Å². The summed E-state index contributed by atoms with van der Waals surface area (Å²) in [6.45, 7) is 6.76. The molecule has 0 saturated heterocycles. The Bertz CT molecular complexity index is 407. The van der Waals surface area contributed by atoms with Gasteiger partial charge in [0.15, 0.2) is 11.6 Å². The SMILES string of the molecule is CCCNC(Cc1cccc(F)c1F)C(C)(C)OC. The quantitative estimate of drug-likeness (QED) is 0.821. The minimum atomic E-state index is -0.804. The van der Waals surface area contributed by atoms with Crippen molar-refractivity contribution in [2.45, 2.75) is 45.3 Å². The highest BCUT2D eigenvalue weighted by atomic mass is 19.2. The molecule has 0 fully saturated rings. The van der Waals surface area contributed by atoms with Crippen molar-refractivity contribution in [1.82, 2.24) is 5.32 Å². The van der Waals surface area contributed by atoms with Gasteiger partial charge in [0.05, 0.1) is 5.60 Å². The predicted octanol–water partition coefficient (Wildman–Crippen LogP) is 3.30. The van der Waals surface area contributed by atoms with Crippen LogP contribution in [0.15, 0.2) is 18.2 Å². The number of hydrogen-bond donors (Lipinski definition) is 1. The van der Waals surface area contributed by atoms with E-state index >= 15 is 0 Å². The summed E-state index contributed by atoms with van der Waals surface area (Å²) < 4.78 is 32.4. The number of rotatable bonds is 7. The van der Waals surface area contributed by atoms with E-state index < -0.39 is 17.2 Å². The molecule has 1 unspecified atom stereocenters. The molecule has 0 radical (unpaired) electrons. The first-order chi connectivity index (χ1) is 8.92. The van der Waals surface area contributed by atoms with Crippen LogP contribution in [-0.4, -0.2) is 25.3 Å². The second-order valence-corrected chi connectivity index (χ2v) is 5.23. The van der Waals surface area contributed by atoms with Gasteiger partial charge in [0, 0.05) is 13.2 Å². The maximum absolute atomic E-state index is 13.7. The summed E-state index contributed by atoms with van der Waals surface area (Å²) >= 11 is 0. The zero-order valence-electron chi connectivity index (χ0n) is 12.1. The van der Waals surface area contributed by atoms with Crippen molar-refractivity contribution in [3.05, 3.63) is 35.4 Å². The van der Waals surface area contributed by atoms with Crippen LogP contribution in [0.2, 0.25) is 0 Å². The average Bonchev–Trinajstić information content (AvgIpc) is 2.39. The maximum atomic E-state index is 13.7. The fraction of sp³-hybridized carbons (Fsp3) is 0.600. The summed E-state index contributed by atoms with van der Waals surface area (Å²) in [6, 6.07) is 4.21. The van der Waals surface area contributed by atoms with Crippen LogP contribution in [0.4, 0.5) is 8.78 Å². The monoisotopic (exact) mass is 271 g/mol. The van der Waals surface area contributed by atoms with E-state index in [0.29, 0.717) is 12.0 Å². The number of nitrogens with one attached hydrogen (secondary N) is 1. The molecular weight excluding hydrogens is 248 g/mol. The van der Waals surface area contributed by atoms with E-state index in [0.717, 1.165) is 19.0 Å². The van der Waals surface area contributed by atoms with E-state index in [1.807, 2.05) is 13.8 Å². The standard InChI is InChI=1S/C15H23F2NO/c1-5-9-18-13(15(2,3)19-4)10-11-7-6-8-12(16)14(11)17/h6-8,13,18H,5,9-10H2,1-4H3. The zero-order chi connectivity index (χ0) is 14.5. The van der Waals surface area contributed by atoms with Crippen molar-refractivity contribution in [1.29, 1.82) is 0 Å². The summed E-state index contributed by atoms with van der Waals surface area (Å²) in [5.41, 5.74) is -0.0766. The van der Waals surface area contributed by atoms with Gasteiger partial charge in [-0.1, -0.05) is 19.1 Å². The lowest BCUT2D eigenvalue weighted by atomic mass is 9.91. The zero-order valence-corrected chi connectivity index (χ0v) is 12.1. The van der Waals surface area contributed by atoms with E-state index in [4.69, 9.17) is 4.74 Å². The lowest BCUT2D eigenvalue weighted by Gasteiger charge is -2.34. The third-order valence-corrected chi connectivity index (χ3v) is 3.46. The summed E-state index contributed by atoms with van der Waals surface area (Å²) in [4.78, 5) is 0.